The van der Waals surface area contributed by atoms with Crippen molar-refractivity contribution in [2.75, 3.05) is 11.9 Å². The zero-order chi connectivity index (χ0) is 20.5. The van der Waals surface area contributed by atoms with Gasteiger partial charge in [0, 0.05) is 12.1 Å². The van der Waals surface area contributed by atoms with Crippen LogP contribution in [0.25, 0.3) is 0 Å². The monoisotopic (exact) mass is 417 g/mol. The van der Waals surface area contributed by atoms with Gasteiger partial charge >= 0.3 is 0 Å². The van der Waals surface area contributed by atoms with Crippen LogP contribution in [-0.4, -0.2) is 47.6 Å². The average Bonchev–Trinajstić information content (AvgIpc) is 3.40. The molecule has 3 fully saturated rings. The minimum Gasteiger partial charge on any atom is -0.391 e. The maximum atomic E-state index is 13.2. The molecule has 154 valence electrons. The van der Waals surface area contributed by atoms with E-state index >= 15 is 0 Å². The van der Waals surface area contributed by atoms with Crippen LogP contribution in [0.3, 0.4) is 0 Å². The number of hydrogen-bond acceptors (Lipinski definition) is 6. The third kappa shape index (κ3) is 2.75. The summed E-state index contributed by atoms with van der Waals surface area (Å²) in [6, 6.07) is 5.59. The fourth-order valence-electron chi connectivity index (χ4n) is 5.40. The highest BCUT2D eigenvalue weighted by atomic mass is 32.2. The molecular weight excluding hydrogens is 394 g/mol. The summed E-state index contributed by atoms with van der Waals surface area (Å²) >= 11 is 0. The maximum absolute atomic E-state index is 13.2. The third-order valence-corrected chi connectivity index (χ3v) is 8.68. The molecule has 3 aliphatic rings. The third-order valence-electron chi connectivity index (χ3n) is 6.80. The van der Waals surface area contributed by atoms with Crippen LogP contribution in [0.5, 0.6) is 0 Å². The molecule has 9 heteroatoms. The number of aryl methyl sites for hydroxylation is 2. The van der Waals surface area contributed by atoms with E-state index in [4.69, 9.17) is 4.52 Å². The summed E-state index contributed by atoms with van der Waals surface area (Å²) in [6.07, 6.45) is 1.26. The number of sulfonamides is 1. The first-order valence-electron chi connectivity index (χ1n) is 9.81. The molecule has 1 amide bonds. The summed E-state index contributed by atoms with van der Waals surface area (Å²) in [5, 5.41) is 17.0. The molecule has 2 saturated carbocycles. The van der Waals surface area contributed by atoms with Crippen LogP contribution in [0.4, 0.5) is 5.69 Å². The smallest absolute Gasteiger partial charge is 0.255 e. The number of anilines is 1. The first-order chi connectivity index (χ1) is 13.8. The van der Waals surface area contributed by atoms with Crippen LogP contribution in [0, 0.1) is 31.6 Å². The highest BCUT2D eigenvalue weighted by Gasteiger charge is 2.61. The Morgan fingerprint density at radius 1 is 1.21 bits per heavy atom. The van der Waals surface area contributed by atoms with Crippen molar-refractivity contribution in [2.24, 2.45) is 17.8 Å². The molecule has 2 aromatic rings. The zero-order valence-electron chi connectivity index (χ0n) is 16.2. The van der Waals surface area contributed by atoms with E-state index in [-0.39, 0.29) is 28.7 Å². The van der Waals surface area contributed by atoms with E-state index in [1.54, 1.807) is 13.8 Å². The number of aromatic nitrogens is 1. The molecule has 2 N–H and O–H groups in total. The normalized spacial score (nSPS) is 30.8. The minimum absolute atomic E-state index is 0.142. The first kappa shape index (κ1) is 18.8. The van der Waals surface area contributed by atoms with Gasteiger partial charge in [0.2, 0.25) is 10.0 Å². The highest BCUT2D eigenvalue weighted by molar-refractivity contribution is 7.89. The van der Waals surface area contributed by atoms with Gasteiger partial charge in [0.1, 0.15) is 11.4 Å². The Morgan fingerprint density at radius 3 is 2.55 bits per heavy atom. The lowest BCUT2D eigenvalue weighted by atomic mass is 9.88. The number of benzene rings is 1. The number of amides is 1. The maximum Gasteiger partial charge on any atom is 0.255 e. The fraction of sp³-hybridized carbons (Fsp3) is 0.500. The van der Waals surface area contributed by atoms with Gasteiger partial charge in [-0.25, -0.2) is 8.42 Å². The molecule has 2 bridgehead atoms. The highest BCUT2D eigenvalue weighted by Crippen LogP contribution is 2.56. The Balaban J connectivity index is 1.37. The van der Waals surface area contributed by atoms with Crippen LogP contribution < -0.4 is 5.32 Å². The molecule has 1 aromatic carbocycles. The molecule has 29 heavy (non-hydrogen) atoms. The minimum atomic E-state index is -3.72. The van der Waals surface area contributed by atoms with Gasteiger partial charge in [-0.1, -0.05) is 5.16 Å². The van der Waals surface area contributed by atoms with Gasteiger partial charge in [-0.2, -0.15) is 4.31 Å². The fourth-order valence-corrected chi connectivity index (χ4v) is 7.14. The van der Waals surface area contributed by atoms with Gasteiger partial charge < -0.3 is 14.9 Å². The lowest BCUT2D eigenvalue weighted by molar-refractivity contribution is 0.0731. The second kappa shape index (κ2) is 6.38. The van der Waals surface area contributed by atoms with E-state index in [0.29, 0.717) is 35.2 Å². The zero-order valence-corrected chi connectivity index (χ0v) is 17.0. The molecular formula is C20H23N3O5S. The summed E-state index contributed by atoms with van der Waals surface area (Å²) in [5.41, 5.74) is 1.43. The van der Waals surface area contributed by atoms with E-state index in [9.17, 15) is 18.3 Å². The number of nitrogens with one attached hydrogen (secondary N) is 1. The van der Waals surface area contributed by atoms with Crippen LogP contribution in [0.1, 0.15) is 34.7 Å². The van der Waals surface area contributed by atoms with Gasteiger partial charge in [-0.05, 0) is 68.7 Å². The number of nitrogens with zero attached hydrogens (tertiary/aromatic N) is 2. The summed E-state index contributed by atoms with van der Waals surface area (Å²) in [7, 11) is -3.72. The molecule has 1 aliphatic heterocycles. The predicted octanol–water partition coefficient (Wildman–Crippen LogP) is 1.93. The lowest BCUT2D eigenvalue weighted by Gasteiger charge is -2.28. The standard InChI is InChI=1S/C20H23N3O5S/c1-10-17(11(2)28-22-10)21-20(25)12-3-5-15(6-4-12)29(26,27)23-9-14-7-13-8-16(14)18(23)19(13)24/h3-6,13-14,16,18-19,24H,7-9H2,1-2H3,(H,21,25)/t13-,14-,16+,18+,19+/m0/s1. The number of hydrogen-bond donors (Lipinski definition) is 2. The summed E-state index contributed by atoms with van der Waals surface area (Å²) < 4.78 is 32.9. The van der Waals surface area contributed by atoms with Gasteiger partial charge in [0.15, 0.2) is 5.76 Å². The molecule has 0 spiro atoms. The first-order valence-corrected chi connectivity index (χ1v) is 11.3. The van der Waals surface area contributed by atoms with Crippen molar-refractivity contribution in [3.8, 4) is 0 Å². The lowest BCUT2D eigenvalue weighted by Crippen LogP contribution is -2.43. The number of aliphatic hydroxyl groups is 1. The van der Waals surface area contributed by atoms with Crippen molar-refractivity contribution in [1.29, 1.82) is 0 Å². The molecule has 2 aliphatic carbocycles. The Kier molecular flexibility index (Phi) is 4.13. The average molecular weight is 417 g/mol. The SMILES string of the molecule is Cc1noc(C)c1NC(=O)c1ccc(S(=O)(=O)N2C[C@@H]3C[C@H]4C[C@H]3[C@@H]2[C@@H]4O)cc1. The van der Waals surface area contributed by atoms with E-state index < -0.39 is 16.1 Å². The van der Waals surface area contributed by atoms with Gasteiger partial charge in [0.05, 0.1) is 17.0 Å². The number of fused-ring (bicyclic) bond motifs is 1. The van der Waals surface area contributed by atoms with Crippen molar-refractivity contribution in [3.05, 3.63) is 41.3 Å². The number of rotatable bonds is 4. The van der Waals surface area contributed by atoms with Crippen LogP contribution >= 0.6 is 0 Å². The van der Waals surface area contributed by atoms with Crippen molar-refractivity contribution >= 4 is 21.6 Å². The molecule has 8 nitrogen and oxygen atoms in total. The van der Waals surface area contributed by atoms with Crippen LogP contribution in [-0.2, 0) is 10.0 Å². The van der Waals surface area contributed by atoms with E-state index in [1.807, 2.05) is 0 Å². The molecule has 0 radical (unpaired) electrons. The van der Waals surface area contributed by atoms with Gasteiger partial charge in [0.25, 0.3) is 5.91 Å². The molecule has 0 unspecified atom stereocenters. The molecule has 5 atom stereocenters. The molecule has 1 saturated heterocycles. The van der Waals surface area contributed by atoms with Crippen LogP contribution in [0.2, 0.25) is 0 Å². The molecule has 1 aromatic heterocycles. The topological polar surface area (TPSA) is 113 Å². The summed E-state index contributed by atoms with van der Waals surface area (Å²) in [6.45, 7) is 3.91. The van der Waals surface area contributed by atoms with E-state index in [2.05, 4.69) is 10.5 Å². The molecule has 2 heterocycles. The Labute approximate surface area is 168 Å². The van der Waals surface area contributed by atoms with E-state index in [0.717, 1.165) is 12.8 Å². The van der Waals surface area contributed by atoms with Crippen molar-refractivity contribution < 1.29 is 22.8 Å². The van der Waals surface area contributed by atoms with Crippen molar-refractivity contribution in [3.63, 3.8) is 0 Å². The predicted molar refractivity (Wildman–Crippen MR) is 104 cm³/mol. The Bertz CT molecular complexity index is 1060. The second-order valence-corrected chi connectivity index (χ2v) is 10.3. The number of aliphatic hydroxyl groups excluding tert-OH is 1. The summed E-state index contributed by atoms with van der Waals surface area (Å²) in [4.78, 5) is 12.6. The number of carbonyl (C=O) groups excluding carboxylic acids is 1. The van der Waals surface area contributed by atoms with Gasteiger partial charge in [-0.15, -0.1) is 0 Å². The number of carbonyl (C=O) groups is 1. The Morgan fingerprint density at radius 2 is 1.93 bits per heavy atom. The quantitative estimate of drug-likeness (QED) is 0.786. The van der Waals surface area contributed by atoms with Crippen LogP contribution in [0.15, 0.2) is 33.7 Å². The van der Waals surface area contributed by atoms with Crippen molar-refractivity contribution in [1.82, 2.24) is 9.46 Å². The largest absolute Gasteiger partial charge is 0.391 e. The second-order valence-electron chi connectivity index (χ2n) is 8.39. The van der Waals surface area contributed by atoms with Crippen molar-refractivity contribution in [2.45, 2.75) is 43.7 Å². The van der Waals surface area contributed by atoms with Gasteiger partial charge in [-0.3, -0.25) is 4.79 Å². The summed E-state index contributed by atoms with van der Waals surface area (Å²) in [5.74, 6) is 0.988. The Hall–Kier alpha value is -2.23. The van der Waals surface area contributed by atoms with E-state index in [1.165, 1.54) is 28.6 Å². The molecule has 5 rings (SSSR count).